The van der Waals surface area contributed by atoms with Crippen LogP contribution in [0.3, 0.4) is 0 Å². The summed E-state index contributed by atoms with van der Waals surface area (Å²) in [7, 11) is 0. The molecule has 0 atom stereocenters. The molecule has 0 saturated carbocycles. The highest BCUT2D eigenvalue weighted by Gasteiger charge is 2.02. The van der Waals surface area contributed by atoms with Crippen molar-refractivity contribution in [3.05, 3.63) is 0 Å². The van der Waals surface area contributed by atoms with Gasteiger partial charge in [0.2, 0.25) is 0 Å². The lowest BCUT2D eigenvalue weighted by Crippen LogP contribution is -1.99. The van der Waals surface area contributed by atoms with Gasteiger partial charge < -0.3 is 10.2 Å². The van der Waals surface area contributed by atoms with Crippen molar-refractivity contribution in [2.75, 3.05) is 13.2 Å². The van der Waals surface area contributed by atoms with Crippen molar-refractivity contribution in [1.29, 1.82) is 0 Å². The standard InChI is InChI=1S/C18H34O4/c19-15-9-13-17(21)11-7-5-3-1-2-4-6-8-12-18(22)14-10-16-20/h19-20H,1-16H2. The number of ketones is 2. The van der Waals surface area contributed by atoms with E-state index >= 15 is 0 Å². The molecule has 0 bridgehead atoms. The van der Waals surface area contributed by atoms with Crippen LogP contribution in [-0.4, -0.2) is 35.0 Å². The van der Waals surface area contributed by atoms with Gasteiger partial charge >= 0.3 is 0 Å². The van der Waals surface area contributed by atoms with E-state index < -0.39 is 0 Å². The van der Waals surface area contributed by atoms with Crippen LogP contribution in [0.1, 0.15) is 89.9 Å². The number of hydrogen-bond acceptors (Lipinski definition) is 4. The maximum Gasteiger partial charge on any atom is 0.132 e. The summed E-state index contributed by atoms with van der Waals surface area (Å²) < 4.78 is 0. The Kier molecular flexibility index (Phi) is 16.1. The Morgan fingerprint density at radius 1 is 0.455 bits per heavy atom. The lowest BCUT2D eigenvalue weighted by Gasteiger charge is -2.03. The summed E-state index contributed by atoms with van der Waals surface area (Å²) in [5.74, 6) is 0.555. The van der Waals surface area contributed by atoms with Gasteiger partial charge in [0, 0.05) is 38.9 Å². The number of carbonyl (C=O) groups is 2. The average molecular weight is 314 g/mol. The predicted octanol–water partition coefficient (Wildman–Crippen LogP) is 3.57. The zero-order valence-corrected chi connectivity index (χ0v) is 14.0. The predicted molar refractivity (Wildman–Crippen MR) is 88.8 cm³/mol. The molecule has 0 saturated heterocycles. The van der Waals surface area contributed by atoms with Crippen LogP contribution in [0.4, 0.5) is 0 Å². The van der Waals surface area contributed by atoms with Gasteiger partial charge in [-0.2, -0.15) is 0 Å². The molecule has 0 unspecified atom stereocenters. The summed E-state index contributed by atoms with van der Waals surface area (Å²) in [5.41, 5.74) is 0. The largest absolute Gasteiger partial charge is 0.396 e. The molecule has 0 amide bonds. The van der Waals surface area contributed by atoms with E-state index in [0.29, 0.717) is 38.5 Å². The van der Waals surface area contributed by atoms with Crippen molar-refractivity contribution < 1.29 is 19.8 Å². The highest BCUT2D eigenvalue weighted by atomic mass is 16.3. The normalized spacial score (nSPS) is 10.8. The third kappa shape index (κ3) is 15.6. The molecule has 0 aromatic carbocycles. The van der Waals surface area contributed by atoms with E-state index in [1.807, 2.05) is 0 Å². The number of hydrogen-bond donors (Lipinski definition) is 2. The minimum atomic E-state index is 0.110. The van der Waals surface area contributed by atoms with Crippen molar-refractivity contribution in [2.24, 2.45) is 0 Å². The molecule has 0 aromatic rings. The highest BCUT2D eigenvalue weighted by Crippen LogP contribution is 2.12. The average Bonchev–Trinajstić information content (AvgIpc) is 2.52. The summed E-state index contributed by atoms with van der Waals surface area (Å²) >= 11 is 0. The topological polar surface area (TPSA) is 74.6 Å². The smallest absolute Gasteiger partial charge is 0.132 e. The minimum absolute atomic E-state index is 0.110. The van der Waals surface area contributed by atoms with Gasteiger partial charge in [-0.1, -0.05) is 38.5 Å². The maximum atomic E-state index is 11.4. The number of rotatable bonds is 17. The van der Waals surface area contributed by atoms with Crippen LogP contribution in [0.5, 0.6) is 0 Å². The zero-order valence-electron chi connectivity index (χ0n) is 14.0. The molecule has 4 heteroatoms. The van der Waals surface area contributed by atoms with Gasteiger partial charge in [-0.3, -0.25) is 9.59 Å². The Morgan fingerprint density at radius 2 is 0.727 bits per heavy atom. The number of aliphatic hydroxyl groups is 2. The molecule has 0 aromatic heterocycles. The lowest BCUT2D eigenvalue weighted by molar-refractivity contribution is -0.120. The Balaban J connectivity index is 3.17. The monoisotopic (exact) mass is 314 g/mol. The third-order valence-corrected chi connectivity index (χ3v) is 3.89. The maximum absolute atomic E-state index is 11.4. The molecule has 2 N–H and O–H groups in total. The summed E-state index contributed by atoms with van der Waals surface area (Å²) in [6.07, 6.45) is 12.5. The van der Waals surface area contributed by atoms with Crippen molar-refractivity contribution in [1.82, 2.24) is 0 Å². The van der Waals surface area contributed by atoms with Crippen LogP contribution in [0, 0.1) is 0 Å². The highest BCUT2D eigenvalue weighted by molar-refractivity contribution is 5.78. The number of unbranched alkanes of at least 4 members (excludes halogenated alkanes) is 7. The van der Waals surface area contributed by atoms with Crippen LogP contribution >= 0.6 is 0 Å². The van der Waals surface area contributed by atoms with E-state index in [2.05, 4.69) is 0 Å². The first-order chi connectivity index (χ1) is 10.7. The number of carbonyl (C=O) groups excluding carboxylic acids is 2. The van der Waals surface area contributed by atoms with Crippen LogP contribution in [0.25, 0.3) is 0 Å². The molecule has 0 aliphatic heterocycles. The third-order valence-electron chi connectivity index (χ3n) is 3.89. The van der Waals surface area contributed by atoms with Gasteiger partial charge in [0.1, 0.15) is 11.6 Å². The molecule has 4 nitrogen and oxygen atoms in total. The van der Waals surface area contributed by atoms with Gasteiger partial charge in [-0.05, 0) is 25.7 Å². The van der Waals surface area contributed by atoms with E-state index in [9.17, 15) is 9.59 Å². The van der Waals surface area contributed by atoms with Crippen molar-refractivity contribution in [2.45, 2.75) is 89.9 Å². The summed E-state index contributed by atoms with van der Waals surface area (Å²) in [6.45, 7) is 0.220. The molecule has 0 radical (unpaired) electrons. The van der Waals surface area contributed by atoms with Gasteiger partial charge in [-0.15, -0.1) is 0 Å². The quantitative estimate of drug-likeness (QED) is 0.402. The van der Waals surface area contributed by atoms with E-state index in [0.717, 1.165) is 25.7 Å². The van der Waals surface area contributed by atoms with Gasteiger partial charge in [-0.25, -0.2) is 0 Å². The Morgan fingerprint density at radius 3 is 1.05 bits per heavy atom. The molecule has 0 spiro atoms. The second-order valence-corrected chi connectivity index (χ2v) is 6.06. The molecule has 22 heavy (non-hydrogen) atoms. The first-order valence-electron chi connectivity index (χ1n) is 8.95. The van der Waals surface area contributed by atoms with E-state index in [-0.39, 0.29) is 24.8 Å². The SMILES string of the molecule is O=C(CCCO)CCCCCCCCCCC(=O)CCCO. The molecular weight excluding hydrogens is 280 g/mol. The molecule has 0 aliphatic carbocycles. The first kappa shape index (κ1) is 21.3. The van der Waals surface area contributed by atoms with E-state index in [1.54, 1.807) is 0 Å². The zero-order chi connectivity index (χ0) is 16.5. The Bertz CT molecular complexity index is 248. The van der Waals surface area contributed by atoms with Crippen LogP contribution in [0.15, 0.2) is 0 Å². The number of Topliss-reactive ketones (excluding diaryl/α,β-unsaturated/α-hetero) is 2. The molecular formula is C18H34O4. The van der Waals surface area contributed by atoms with E-state index in [1.165, 1.54) is 25.7 Å². The molecule has 0 heterocycles. The van der Waals surface area contributed by atoms with Crippen LogP contribution in [0.2, 0.25) is 0 Å². The second-order valence-electron chi connectivity index (χ2n) is 6.06. The molecule has 0 fully saturated rings. The van der Waals surface area contributed by atoms with Crippen LogP contribution in [-0.2, 0) is 9.59 Å². The van der Waals surface area contributed by atoms with E-state index in [4.69, 9.17) is 10.2 Å². The fourth-order valence-electron chi connectivity index (χ4n) is 2.51. The molecule has 130 valence electrons. The molecule has 0 aliphatic rings. The van der Waals surface area contributed by atoms with Crippen LogP contribution < -0.4 is 0 Å². The minimum Gasteiger partial charge on any atom is -0.396 e. The first-order valence-corrected chi connectivity index (χ1v) is 8.95. The summed E-state index contributed by atoms with van der Waals surface area (Å²) in [4.78, 5) is 22.8. The Hall–Kier alpha value is -0.740. The van der Waals surface area contributed by atoms with Gasteiger partial charge in [0.25, 0.3) is 0 Å². The molecule has 0 rings (SSSR count). The Labute approximate surface area is 135 Å². The number of aliphatic hydroxyl groups excluding tert-OH is 2. The lowest BCUT2D eigenvalue weighted by atomic mass is 10.0. The van der Waals surface area contributed by atoms with Gasteiger partial charge in [0.05, 0.1) is 0 Å². The second kappa shape index (κ2) is 16.6. The summed E-state index contributed by atoms with van der Waals surface area (Å²) in [6, 6.07) is 0. The van der Waals surface area contributed by atoms with Crippen molar-refractivity contribution in [3.8, 4) is 0 Å². The van der Waals surface area contributed by atoms with Crippen molar-refractivity contribution >= 4 is 11.6 Å². The fraction of sp³-hybridized carbons (Fsp3) is 0.889. The van der Waals surface area contributed by atoms with Crippen molar-refractivity contribution in [3.63, 3.8) is 0 Å². The fourth-order valence-corrected chi connectivity index (χ4v) is 2.51. The summed E-state index contributed by atoms with van der Waals surface area (Å²) in [5, 5.41) is 17.3. The van der Waals surface area contributed by atoms with Gasteiger partial charge in [0.15, 0.2) is 0 Å².